The fraction of sp³-hybridized carbons (Fsp3) is 0.394. The summed E-state index contributed by atoms with van der Waals surface area (Å²) in [6, 6.07) is 26.8. The first kappa shape index (κ1) is 25.4. The number of hydrogen-bond donors (Lipinski definition) is 1. The fourth-order valence-corrected chi connectivity index (χ4v) is 6.03. The molecule has 1 fully saturated rings. The van der Waals surface area contributed by atoms with Crippen molar-refractivity contribution in [3.63, 3.8) is 0 Å². The fourth-order valence-electron chi connectivity index (χ4n) is 6.03. The monoisotopic (exact) mass is 494 g/mol. The van der Waals surface area contributed by atoms with Gasteiger partial charge in [0.2, 0.25) is 0 Å². The van der Waals surface area contributed by atoms with Crippen LogP contribution in [0.25, 0.3) is 0 Å². The molecule has 0 spiro atoms. The van der Waals surface area contributed by atoms with E-state index in [1.54, 1.807) is 0 Å². The third kappa shape index (κ3) is 6.37. The molecule has 1 aliphatic heterocycles. The van der Waals surface area contributed by atoms with E-state index in [0.29, 0.717) is 18.0 Å². The number of amides is 1. The van der Waals surface area contributed by atoms with E-state index in [2.05, 4.69) is 52.7 Å². The molecule has 4 heteroatoms. The predicted molar refractivity (Wildman–Crippen MR) is 149 cm³/mol. The van der Waals surface area contributed by atoms with Gasteiger partial charge in [-0.2, -0.15) is 0 Å². The van der Waals surface area contributed by atoms with Gasteiger partial charge in [0.05, 0.1) is 0 Å². The second-order valence-corrected chi connectivity index (χ2v) is 10.6. The minimum absolute atomic E-state index is 0.0579. The van der Waals surface area contributed by atoms with Gasteiger partial charge in [-0.15, -0.1) is 0 Å². The highest BCUT2D eigenvalue weighted by atomic mass is 16.1. The van der Waals surface area contributed by atoms with Gasteiger partial charge in [0.1, 0.15) is 0 Å². The summed E-state index contributed by atoms with van der Waals surface area (Å²) in [6.07, 6.45) is 6.77. The third-order valence-corrected chi connectivity index (χ3v) is 8.22. The Labute approximate surface area is 221 Å². The van der Waals surface area contributed by atoms with E-state index in [-0.39, 0.29) is 17.6 Å². The number of benzene rings is 3. The number of ketones is 1. The highest BCUT2D eigenvalue weighted by Gasteiger charge is 2.30. The molecule has 37 heavy (non-hydrogen) atoms. The normalized spacial score (nSPS) is 18.4. The Morgan fingerprint density at radius 2 is 1.59 bits per heavy atom. The average Bonchev–Trinajstić information content (AvgIpc) is 2.96. The molecule has 192 valence electrons. The maximum Gasteiger partial charge on any atom is 0.251 e. The van der Waals surface area contributed by atoms with E-state index in [1.807, 2.05) is 36.4 Å². The Balaban J connectivity index is 1.11. The number of carbonyl (C=O) groups excluding carboxylic acids is 2. The minimum Gasteiger partial charge on any atom is -0.352 e. The molecule has 1 atom stereocenters. The van der Waals surface area contributed by atoms with Crippen molar-refractivity contribution in [2.24, 2.45) is 5.92 Å². The van der Waals surface area contributed by atoms with E-state index < -0.39 is 0 Å². The van der Waals surface area contributed by atoms with Crippen LogP contribution in [0.4, 0.5) is 0 Å². The van der Waals surface area contributed by atoms with Gasteiger partial charge in [-0.25, -0.2) is 0 Å². The van der Waals surface area contributed by atoms with Gasteiger partial charge in [-0.05, 0) is 93.3 Å². The summed E-state index contributed by atoms with van der Waals surface area (Å²) in [7, 11) is 0. The summed E-state index contributed by atoms with van der Waals surface area (Å²) in [5.41, 5.74) is 5.11. The largest absolute Gasteiger partial charge is 0.352 e. The number of carbonyl (C=O) groups is 2. The summed E-state index contributed by atoms with van der Waals surface area (Å²) in [5.74, 6) is 0.878. The minimum atomic E-state index is -0.0579. The molecular formula is C33H38N2O2. The van der Waals surface area contributed by atoms with E-state index in [4.69, 9.17) is 0 Å². The number of fused-ring (bicyclic) bond motifs is 1. The van der Waals surface area contributed by atoms with Crippen molar-refractivity contribution < 1.29 is 9.59 Å². The third-order valence-electron chi connectivity index (χ3n) is 8.22. The quantitative estimate of drug-likeness (QED) is 0.368. The number of piperidine rings is 1. The number of rotatable bonds is 9. The molecule has 2 aliphatic rings. The van der Waals surface area contributed by atoms with Crippen molar-refractivity contribution in [2.45, 2.75) is 50.9 Å². The number of Topliss-reactive ketones (excluding diaryl/α,β-unsaturated/α-hetero) is 1. The van der Waals surface area contributed by atoms with Gasteiger partial charge < -0.3 is 10.2 Å². The number of nitrogens with zero attached hydrogens (tertiary/aromatic N) is 1. The van der Waals surface area contributed by atoms with Crippen LogP contribution >= 0.6 is 0 Å². The molecule has 5 rings (SSSR count). The van der Waals surface area contributed by atoms with E-state index >= 15 is 0 Å². The lowest BCUT2D eigenvalue weighted by Gasteiger charge is -2.33. The lowest BCUT2D eigenvalue weighted by molar-refractivity contribution is 0.0877. The lowest BCUT2D eigenvalue weighted by Crippen LogP contribution is -2.36. The van der Waals surface area contributed by atoms with Crippen LogP contribution in [-0.4, -0.2) is 42.8 Å². The molecule has 0 saturated carbocycles. The van der Waals surface area contributed by atoms with Crippen LogP contribution in [0.3, 0.4) is 0 Å². The molecule has 0 bridgehead atoms. The highest BCUT2D eigenvalue weighted by Crippen LogP contribution is 2.32. The van der Waals surface area contributed by atoms with Crippen LogP contribution in [0.2, 0.25) is 0 Å². The molecule has 1 saturated heterocycles. The number of hydrogen-bond acceptors (Lipinski definition) is 3. The van der Waals surface area contributed by atoms with Crippen LogP contribution in [0.5, 0.6) is 0 Å². The van der Waals surface area contributed by atoms with Crippen LogP contribution in [0.15, 0.2) is 78.9 Å². The van der Waals surface area contributed by atoms with E-state index in [0.717, 1.165) is 62.9 Å². The van der Waals surface area contributed by atoms with Gasteiger partial charge in [-0.3, -0.25) is 9.59 Å². The standard InChI is InChI=1S/C33H38N2O2/c36-32-28(20-24-35-22-18-27(19-23-35)26-12-5-2-6-13-26)16-17-29-30(32)14-7-15-31(29)33(37)34-21-8-11-25-9-3-1-4-10-25/h1-7,9-10,12-15,27-28H,8,11,16-24H2,(H,34,37). The first-order chi connectivity index (χ1) is 18.2. The summed E-state index contributed by atoms with van der Waals surface area (Å²) in [6.45, 7) is 3.82. The molecule has 3 aromatic carbocycles. The summed E-state index contributed by atoms with van der Waals surface area (Å²) in [4.78, 5) is 28.8. The average molecular weight is 495 g/mol. The van der Waals surface area contributed by atoms with Gasteiger partial charge in [0.15, 0.2) is 5.78 Å². The first-order valence-electron chi connectivity index (χ1n) is 13.9. The number of aryl methyl sites for hydroxylation is 1. The van der Waals surface area contributed by atoms with Gasteiger partial charge >= 0.3 is 0 Å². The van der Waals surface area contributed by atoms with E-state index in [1.165, 1.54) is 24.0 Å². The summed E-state index contributed by atoms with van der Waals surface area (Å²) < 4.78 is 0. The van der Waals surface area contributed by atoms with Crippen molar-refractivity contribution in [1.29, 1.82) is 0 Å². The molecule has 3 aromatic rings. The maximum atomic E-state index is 13.4. The van der Waals surface area contributed by atoms with Gasteiger partial charge in [0.25, 0.3) is 5.91 Å². The molecule has 1 unspecified atom stereocenters. The first-order valence-corrected chi connectivity index (χ1v) is 13.9. The summed E-state index contributed by atoms with van der Waals surface area (Å²) in [5, 5.41) is 3.07. The summed E-state index contributed by atoms with van der Waals surface area (Å²) >= 11 is 0. The highest BCUT2D eigenvalue weighted by molar-refractivity contribution is 6.04. The zero-order valence-electron chi connectivity index (χ0n) is 21.7. The van der Waals surface area contributed by atoms with Gasteiger partial charge in [-0.1, -0.05) is 72.8 Å². The number of likely N-dealkylation sites (tertiary alicyclic amines) is 1. The van der Waals surface area contributed by atoms with Crippen molar-refractivity contribution in [1.82, 2.24) is 10.2 Å². The smallest absolute Gasteiger partial charge is 0.251 e. The Morgan fingerprint density at radius 1 is 0.865 bits per heavy atom. The molecule has 1 heterocycles. The zero-order chi connectivity index (χ0) is 25.5. The zero-order valence-corrected chi connectivity index (χ0v) is 21.7. The molecular weight excluding hydrogens is 456 g/mol. The molecule has 1 N–H and O–H groups in total. The SMILES string of the molecule is O=C(NCCCc1ccccc1)c1cccc2c1CCC(CCN1CCC(c3ccccc3)CC1)C2=O. The Morgan fingerprint density at radius 3 is 2.35 bits per heavy atom. The molecule has 0 radical (unpaired) electrons. The Hall–Kier alpha value is -3.24. The van der Waals surface area contributed by atoms with Crippen LogP contribution in [-0.2, 0) is 12.8 Å². The molecule has 0 aromatic heterocycles. The Bertz CT molecular complexity index is 1180. The van der Waals surface area contributed by atoms with Gasteiger partial charge in [0, 0.05) is 23.6 Å². The predicted octanol–water partition coefficient (Wildman–Crippen LogP) is 6.06. The Kier molecular flexibility index (Phi) is 8.47. The van der Waals surface area contributed by atoms with Crippen molar-refractivity contribution in [3.05, 3.63) is 107 Å². The van der Waals surface area contributed by atoms with Crippen LogP contribution < -0.4 is 5.32 Å². The molecule has 1 aliphatic carbocycles. The molecule has 4 nitrogen and oxygen atoms in total. The van der Waals surface area contributed by atoms with E-state index in [9.17, 15) is 9.59 Å². The van der Waals surface area contributed by atoms with Crippen molar-refractivity contribution in [3.8, 4) is 0 Å². The van der Waals surface area contributed by atoms with Crippen molar-refractivity contribution >= 4 is 11.7 Å². The maximum absolute atomic E-state index is 13.4. The molecule has 1 amide bonds. The number of nitrogens with one attached hydrogen (secondary N) is 1. The topological polar surface area (TPSA) is 49.4 Å². The second-order valence-electron chi connectivity index (χ2n) is 10.6. The second kappa shape index (κ2) is 12.3. The van der Waals surface area contributed by atoms with Crippen LogP contribution in [0.1, 0.15) is 75.4 Å². The lowest BCUT2D eigenvalue weighted by atomic mass is 9.79. The van der Waals surface area contributed by atoms with Crippen molar-refractivity contribution in [2.75, 3.05) is 26.2 Å². The van der Waals surface area contributed by atoms with Crippen LogP contribution in [0, 0.1) is 5.92 Å².